The van der Waals surface area contributed by atoms with Gasteiger partial charge in [-0.3, -0.25) is 9.59 Å². The summed E-state index contributed by atoms with van der Waals surface area (Å²) in [5, 5.41) is 2.70. The largest absolute Gasteiger partial charge is 0.462 e. The summed E-state index contributed by atoms with van der Waals surface area (Å²) in [6.07, 6.45) is -0.327. The number of urea groups is 1. The Balaban J connectivity index is 1.36. The Bertz CT molecular complexity index is 1430. The predicted octanol–water partition coefficient (Wildman–Crippen LogP) is 4.10. The summed E-state index contributed by atoms with van der Waals surface area (Å²) in [5.74, 6) is -1.03. The third-order valence-electron chi connectivity index (χ3n) is 6.25. The number of imide groups is 1. The quantitative estimate of drug-likeness (QED) is 0.343. The van der Waals surface area contributed by atoms with E-state index in [-0.39, 0.29) is 32.1 Å². The van der Waals surface area contributed by atoms with Crippen molar-refractivity contribution in [2.75, 3.05) is 23.6 Å². The monoisotopic (exact) mass is 533 g/mol. The Labute approximate surface area is 222 Å². The molecule has 2 aliphatic heterocycles. The van der Waals surface area contributed by atoms with Gasteiger partial charge in [-0.15, -0.1) is 0 Å². The van der Waals surface area contributed by atoms with Crippen molar-refractivity contribution in [3.63, 3.8) is 0 Å². The Morgan fingerprint density at radius 1 is 1.00 bits per heavy atom. The van der Waals surface area contributed by atoms with Crippen LogP contribution < -0.4 is 19.7 Å². The van der Waals surface area contributed by atoms with E-state index in [1.54, 1.807) is 37.3 Å². The van der Waals surface area contributed by atoms with E-state index in [2.05, 4.69) is 5.32 Å². The second-order valence-corrected chi connectivity index (χ2v) is 8.81. The Hall–Kier alpha value is -4.93. The lowest BCUT2D eigenvalue weighted by Crippen LogP contribution is -2.37. The van der Waals surface area contributed by atoms with Crippen LogP contribution in [0.3, 0.4) is 0 Å². The summed E-state index contributed by atoms with van der Waals surface area (Å²) >= 11 is 0. The minimum absolute atomic E-state index is 0.0189. The molecule has 11 heteroatoms. The minimum Gasteiger partial charge on any atom is -0.462 e. The molecule has 3 aromatic rings. The maximum Gasteiger partial charge on any atom is 0.338 e. The molecule has 0 aromatic heterocycles. The van der Waals surface area contributed by atoms with Crippen LogP contribution in [0.15, 0.2) is 66.7 Å². The number of anilines is 2. The van der Waals surface area contributed by atoms with E-state index < -0.39 is 35.7 Å². The van der Waals surface area contributed by atoms with E-state index in [0.29, 0.717) is 28.3 Å². The number of ether oxygens (including phenoxy) is 3. The molecule has 2 aliphatic rings. The maximum absolute atomic E-state index is 13.5. The second kappa shape index (κ2) is 10.8. The smallest absolute Gasteiger partial charge is 0.338 e. The number of carbonyl (C=O) groups excluding carboxylic acids is 4. The Morgan fingerprint density at radius 3 is 2.44 bits per heavy atom. The van der Waals surface area contributed by atoms with Crippen LogP contribution in [-0.4, -0.2) is 48.2 Å². The number of amides is 4. The molecule has 1 saturated heterocycles. The van der Waals surface area contributed by atoms with Gasteiger partial charge in [-0.1, -0.05) is 6.07 Å². The van der Waals surface area contributed by atoms with Crippen LogP contribution in [0.1, 0.15) is 29.3 Å². The highest BCUT2D eigenvalue weighted by Crippen LogP contribution is 2.34. The molecular weight excluding hydrogens is 509 g/mol. The molecule has 3 aromatic carbocycles. The summed E-state index contributed by atoms with van der Waals surface area (Å²) in [5.41, 5.74) is 1.60. The number of nitrogens with one attached hydrogen (secondary N) is 1. The van der Waals surface area contributed by atoms with Crippen molar-refractivity contribution in [2.45, 2.75) is 25.9 Å². The molecule has 0 unspecified atom stereocenters. The highest BCUT2D eigenvalue weighted by atomic mass is 19.1. The molecule has 1 fully saturated rings. The van der Waals surface area contributed by atoms with E-state index in [1.165, 1.54) is 29.2 Å². The van der Waals surface area contributed by atoms with Crippen LogP contribution in [0.2, 0.25) is 0 Å². The third-order valence-corrected chi connectivity index (χ3v) is 6.25. The third kappa shape index (κ3) is 5.37. The summed E-state index contributed by atoms with van der Waals surface area (Å²) in [7, 11) is 0. The van der Waals surface area contributed by atoms with Crippen LogP contribution in [-0.2, 0) is 20.9 Å². The first kappa shape index (κ1) is 25.7. The zero-order valence-corrected chi connectivity index (χ0v) is 20.9. The van der Waals surface area contributed by atoms with E-state index in [9.17, 15) is 23.6 Å². The average molecular weight is 534 g/mol. The second-order valence-electron chi connectivity index (χ2n) is 8.81. The number of carbonyl (C=O) groups is 4. The summed E-state index contributed by atoms with van der Waals surface area (Å²) in [6.45, 7) is 2.05. The van der Waals surface area contributed by atoms with Crippen LogP contribution in [0.4, 0.5) is 20.6 Å². The molecule has 0 bridgehead atoms. The highest BCUT2D eigenvalue weighted by molar-refractivity contribution is 6.22. The van der Waals surface area contributed by atoms with Crippen molar-refractivity contribution in [2.24, 2.45) is 0 Å². The average Bonchev–Trinajstić information content (AvgIpc) is 3.48. The molecule has 0 aliphatic carbocycles. The van der Waals surface area contributed by atoms with Gasteiger partial charge in [0.15, 0.2) is 11.5 Å². The van der Waals surface area contributed by atoms with Crippen molar-refractivity contribution < 1.29 is 37.8 Å². The Morgan fingerprint density at radius 2 is 1.72 bits per heavy atom. The SMILES string of the molecule is CCOC(=O)c1ccc(NC(=O)C[C@H]2C(=O)N(c3ccc(F)cc3)C(=O)N2Cc2ccc3c(c2)OCO3)cc1. The van der Waals surface area contributed by atoms with Crippen LogP contribution in [0.25, 0.3) is 0 Å². The zero-order chi connectivity index (χ0) is 27.5. The molecule has 39 heavy (non-hydrogen) atoms. The highest BCUT2D eigenvalue weighted by Gasteiger charge is 2.46. The molecule has 2 heterocycles. The van der Waals surface area contributed by atoms with E-state index in [1.807, 2.05) is 0 Å². The van der Waals surface area contributed by atoms with Gasteiger partial charge < -0.3 is 24.4 Å². The molecule has 200 valence electrons. The number of esters is 1. The molecule has 5 rings (SSSR count). The first-order chi connectivity index (χ1) is 18.8. The van der Waals surface area contributed by atoms with Gasteiger partial charge in [0.25, 0.3) is 5.91 Å². The fraction of sp³-hybridized carbons (Fsp3) is 0.214. The topological polar surface area (TPSA) is 114 Å². The van der Waals surface area contributed by atoms with E-state index >= 15 is 0 Å². The molecule has 0 radical (unpaired) electrons. The van der Waals surface area contributed by atoms with Gasteiger partial charge in [0.2, 0.25) is 12.7 Å². The van der Waals surface area contributed by atoms with Gasteiger partial charge in [-0.05, 0) is 73.2 Å². The lowest BCUT2D eigenvalue weighted by Gasteiger charge is -2.22. The van der Waals surface area contributed by atoms with Crippen molar-refractivity contribution >= 4 is 35.2 Å². The number of nitrogens with zero attached hydrogens (tertiary/aromatic N) is 2. The number of hydrogen-bond acceptors (Lipinski definition) is 7. The lowest BCUT2D eigenvalue weighted by atomic mass is 10.1. The molecule has 4 amide bonds. The fourth-order valence-corrected chi connectivity index (χ4v) is 4.37. The number of halogens is 1. The van der Waals surface area contributed by atoms with Gasteiger partial charge in [0.05, 0.1) is 24.3 Å². The first-order valence-corrected chi connectivity index (χ1v) is 12.2. The first-order valence-electron chi connectivity index (χ1n) is 12.2. The molecule has 0 spiro atoms. The minimum atomic E-state index is -1.12. The van der Waals surface area contributed by atoms with E-state index in [0.717, 1.165) is 17.0 Å². The standard InChI is InChI=1S/C28H24FN3O7/c1-2-37-27(35)18-4-8-20(9-5-18)30-25(33)14-22-26(34)32(21-10-6-19(29)7-11-21)28(36)31(22)15-17-3-12-23-24(13-17)39-16-38-23/h3-13,22H,2,14-16H2,1H3,(H,30,33)/t22-/m0/s1. The molecule has 1 N–H and O–H groups in total. The van der Waals surface area contributed by atoms with Gasteiger partial charge >= 0.3 is 12.0 Å². The summed E-state index contributed by atoms with van der Waals surface area (Å²) in [4.78, 5) is 54.0. The van der Waals surface area contributed by atoms with Crippen LogP contribution >= 0.6 is 0 Å². The maximum atomic E-state index is 13.5. The normalized spacial score (nSPS) is 16.0. The van der Waals surface area contributed by atoms with Gasteiger partial charge in [-0.2, -0.15) is 0 Å². The molecule has 0 saturated carbocycles. The summed E-state index contributed by atoms with van der Waals surface area (Å²) in [6, 6.07) is 14.5. The predicted molar refractivity (Wildman–Crippen MR) is 137 cm³/mol. The van der Waals surface area contributed by atoms with Gasteiger partial charge in [-0.25, -0.2) is 18.9 Å². The number of hydrogen-bond donors (Lipinski definition) is 1. The zero-order valence-electron chi connectivity index (χ0n) is 20.9. The van der Waals surface area contributed by atoms with Gasteiger partial charge in [0.1, 0.15) is 11.9 Å². The lowest BCUT2D eigenvalue weighted by molar-refractivity contribution is -0.124. The van der Waals surface area contributed by atoms with Crippen LogP contribution in [0, 0.1) is 5.82 Å². The number of benzene rings is 3. The summed E-state index contributed by atoms with van der Waals surface area (Å²) < 4.78 is 29.2. The van der Waals surface area contributed by atoms with Gasteiger partial charge in [0, 0.05) is 12.2 Å². The number of fused-ring (bicyclic) bond motifs is 1. The fourth-order valence-electron chi connectivity index (χ4n) is 4.37. The van der Waals surface area contributed by atoms with E-state index in [4.69, 9.17) is 14.2 Å². The van der Waals surface area contributed by atoms with Crippen LogP contribution in [0.5, 0.6) is 11.5 Å². The molecule has 1 atom stereocenters. The Kier molecular flexibility index (Phi) is 7.13. The van der Waals surface area contributed by atoms with Crippen molar-refractivity contribution in [3.05, 3.63) is 83.7 Å². The number of rotatable bonds is 8. The van der Waals surface area contributed by atoms with Crippen molar-refractivity contribution in [1.29, 1.82) is 0 Å². The molecule has 10 nitrogen and oxygen atoms in total. The van der Waals surface area contributed by atoms with Crippen molar-refractivity contribution in [1.82, 2.24) is 4.90 Å². The van der Waals surface area contributed by atoms with Crippen molar-refractivity contribution in [3.8, 4) is 11.5 Å². The molecular formula is C28H24FN3O7.